The molecule has 0 unspecified atom stereocenters. The summed E-state index contributed by atoms with van der Waals surface area (Å²) in [6.07, 6.45) is 3.36. The molecular weight excluding hydrogens is 96.1 g/mol. The second kappa shape index (κ2) is 1.77. The molecule has 0 heterocycles. The molecule has 0 bridgehead atoms. The second-order valence-electron chi connectivity index (χ2n) is 2.65. The average molecular weight is 108 g/mol. The van der Waals surface area contributed by atoms with Crippen molar-refractivity contribution in [2.45, 2.75) is 20.3 Å². The van der Waals surface area contributed by atoms with Crippen molar-refractivity contribution in [2.75, 3.05) is 0 Å². The summed E-state index contributed by atoms with van der Waals surface area (Å²) < 4.78 is 0. The Balaban J connectivity index is 2.73. The Hall–Kier alpha value is -0.520. The van der Waals surface area contributed by atoms with Gasteiger partial charge in [-0.1, -0.05) is 30.7 Å². The van der Waals surface area contributed by atoms with Crippen LogP contribution in [0.2, 0.25) is 0 Å². The van der Waals surface area contributed by atoms with Gasteiger partial charge in [0, 0.05) is 0 Å². The van der Waals surface area contributed by atoms with Crippen LogP contribution in [-0.4, -0.2) is 0 Å². The van der Waals surface area contributed by atoms with E-state index in [2.05, 4.69) is 26.5 Å². The Labute approximate surface area is 50.9 Å². The van der Waals surface area contributed by atoms with E-state index in [0.29, 0.717) is 0 Å². The molecular formula is C8H12. The SMILES string of the molecule is C=C1C=C(C)[C@@H](C)C1. The van der Waals surface area contributed by atoms with Crippen molar-refractivity contribution < 1.29 is 0 Å². The minimum Gasteiger partial charge on any atom is -0.0958 e. The fourth-order valence-corrected chi connectivity index (χ4v) is 1.08. The first-order chi connectivity index (χ1) is 3.70. The normalized spacial score (nSPS) is 28.5. The molecule has 0 saturated carbocycles. The summed E-state index contributed by atoms with van der Waals surface area (Å²) in [5, 5.41) is 0. The Bertz CT molecular complexity index is 140. The lowest BCUT2D eigenvalue weighted by Gasteiger charge is -1.99. The van der Waals surface area contributed by atoms with Gasteiger partial charge in [0.25, 0.3) is 0 Å². The van der Waals surface area contributed by atoms with Crippen molar-refractivity contribution in [3.05, 3.63) is 23.8 Å². The van der Waals surface area contributed by atoms with Crippen LogP contribution in [0.3, 0.4) is 0 Å². The van der Waals surface area contributed by atoms with Gasteiger partial charge in [0.05, 0.1) is 0 Å². The predicted molar refractivity (Wildman–Crippen MR) is 36.7 cm³/mol. The fourth-order valence-electron chi connectivity index (χ4n) is 1.08. The Morgan fingerprint density at radius 1 is 1.75 bits per heavy atom. The molecule has 0 nitrogen and oxygen atoms in total. The smallest absolute Gasteiger partial charge is 0.0191 e. The lowest BCUT2D eigenvalue weighted by molar-refractivity contribution is 0.716. The van der Waals surface area contributed by atoms with E-state index in [-0.39, 0.29) is 0 Å². The Kier molecular flexibility index (Phi) is 1.24. The summed E-state index contributed by atoms with van der Waals surface area (Å²) in [5.41, 5.74) is 2.77. The molecule has 1 atom stereocenters. The van der Waals surface area contributed by atoms with Gasteiger partial charge in [-0.2, -0.15) is 0 Å². The molecule has 0 heteroatoms. The van der Waals surface area contributed by atoms with Crippen molar-refractivity contribution in [2.24, 2.45) is 5.92 Å². The number of hydrogen-bond donors (Lipinski definition) is 0. The molecule has 0 aromatic rings. The lowest BCUT2D eigenvalue weighted by Crippen LogP contribution is -1.86. The molecule has 0 aliphatic heterocycles. The fraction of sp³-hybridized carbons (Fsp3) is 0.500. The number of rotatable bonds is 0. The van der Waals surface area contributed by atoms with Gasteiger partial charge in [-0.25, -0.2) is 0 Å². The van der Waals surface area contributed by atoms with E-state index in [1.165, 1.54) is 17.6 Å². The van der Waals surface area contributed by atoms with Crippen molar-refractivity contribution in [1.29, 1.82) is 0 Å². The number of hydrogen-bond acceptors (Lipinski definition) is 0. The van der Waals surface area contributed by atoms with Gasteiger partial charge < -0.3 is 0 Å². The van der Waals surface area contributed by atoms with Crippen molar-refractivity contribution >= 4 is 0 Å². The maximum absolute atomic E-state index is 3.88. The van der Waals surface area contributed by atoms with Crippen LogP contribution >= 0.6 is 0 Å². The van der Waals surface area contributed by atoms with E-state index in [9.17, 15) is 0 Å². The van der Waals surface area contributed by atoms with E-state index in [4.69, 9.17) is 0 Å². The van der Waals surface area contributed by atoms with Gasteiger partial charge >= 0.3 is 0 Å². The average Bonchev–Trinajstić information content (AvgIpc) is 1.85. The van der Waals surface area contributed by atoms with Crippen LogP contribution in [0.1, 0.15) is 20.3 Å². The summed E-state index contributed by atoms with van der Waals surface area (Å²) >= 11 is 0. The highest BCUT2D eigenvalue weighted by atomic mass is 14.2. The molecule has 1 aliphatic rings. The molecule has 1 rings (SSSR count). The van der Waals surface area contributed by atoms with Gasteiger partial charge in [0.1, 0.15) is 0 Å². The summed E-state index contributed by atoms with van der Waals surface area (Å²) in [4.78, 5) is 0. The highest BCUT2D eigenvalue weighted by molar-refractivity contribution is 5.28. The maximum Gasteiger partial charge on any atom is -0.0191 e. The first-order valence-corrected chi connectivity index (χ1v) is 3.06. The molecule has 0 spiro atoms. The van der Waals surface area contributed by atoms with E-state index in [1.54, 1.807) is 0 Å². The number of allylic oxidation sites excluding steroid dienone is 3. The minimum absolute atomic E-state index is 0.752. The van der Waals surface area contributed by atoms with Gasteiger partial charge in [-0.3, -0.25) is 0 Å². The highest BCUT2D eigenvalue weighted by Crippen LogP contribution is 2.27. The van der Waals surface area contributed by atoms with E-state index >= 15 is 0 Å². The van der Waals surface area contributed by atoms with Crippen LogP contribution in [0.5, 0.6) is 0 Å². The molecule has 44 valence electrons. The molecule has 0 amide bonds. The van der Waals surface area contributed by atoms with Crippen molar-refractivity contribution in [3.63, 3.8) is 0 Å². The zero-order chi connectivity index (χ0) is 6.15. The third-order valence-electron chi connectivity index (χ3n) is 1.78. The van der Waals surface area contributed by atoms with Crippen molar-refractivity contribution in [1.82, 2.24) is 0 Å². The Morgan fingerprint density at radius 3 is 2.50 bits per heavy atom. The van der Waals surface area contributed by atoms with Crippen LogP contribution in [0, 0.1) is 5.92 Å². The second-order valence-corrected chi connectivity index (χ2v) is 2.65. The zero-order valence-corrected chi connectivity index (χ0v) is 5.57. The molecule has 0 aromatic carbocycles. The van der Waals surface area contributed by atoms with Gasteiger partial charge in [-0.05, 0) is 19.3 Å². The van der Waals surface area contributed by atoms with Crippen LogP contribution in [0.15, 0.2) is 23.8 Å². The molecule has 0 saturated heterocycles. The standard InChI is InChI=1S/C8H12/c1-6-4-7(2)8(3)5-6/h4,8H,1,5H2,2-3H3/t8-/m0/s1. The monoisotopic (exact) mass is 108 g/mol. The van der Waals surface area contributed by atoms with Crippen LogP contribution in [0.25, 0.3) is 0 Å². The maximum atomic E-state index is 3.88. The summed E-state index contributed by atoms with van der Waals surface area (Å²) in [7, 11) is 0. The summed E-state index contributed by atoms with van der Waals surface area (Å²) in [6, 6.07) is 0. The van der Waals surface area contributed by atoms with Crippen LogP contribution in [0.4, 0.5) is 0 Å². The minimum atomic E-state index is 0.752. The molecule has 0 radical (unpaired) electrons. The third kappa shape index (κ3) is 0.835. The predicted octanol–water partition coefficient (Wildman–Crippen LogP) is 2.53. The van der Waals surface area contributed by atoms with Gasteiger partial charge in [0.2, 0.25) is 0 Å². The molecule has 1 aliphatic carbocycles. The lowest BCUT2D eigenvalue weighted by atomic mass is 10.1. The van der Waals surface area contributed by atoms with Crippen LogP contribution < -0.4 is 0 Å². The Morgan fingerprint density at radius 2 is 2.38 bits per heavy atom. The molecule has 0 aromatic heterocycles. The highest BCUT2D eigenvalue weighted by Gasteiger charge is 2.11. The first-order valence-electron chi connectivity index (χ1n) is 3.06. The summed E-state index contributed by atoms with van der Waals surface area (Å²) in [6.45, 7) is 8.29. The van der Waals surface area contributed by atoms with Crippen molar-refractivity contribution in [3.8, 4) is 0 Å². The molecule has 0 N–H and O–H groups in total. The first kappa shape index (κ1) is 5.61. The van der Waals surface area contributed by atoms with Gasteiger partial charge in [-0.15, -0.1) is 0 Å². The molecule has 8 heavy (non-hydrogen) atoms. The van der Waals surface area contributed by atoms with E-state index < -0.39 is 0 Å². The van der Waals surface area contributed by atoms with Crippen LogP contribution in [-0.2, 0) is 0 Å². The van der Waals surface area contributed by atoms with Gasteiger partial charge in [0.15, 0.2) is 0 Å². The largest absolute Gasteiger partial charge is 0.0958 e. The van der Waals surface area contributed by atoms with E-state index in [0.717, 1.165) is 5.92 Å². The van der Waals surface area contributed by atoms with E-state index in [1.807, 2.05) is 0 Å². The topological polar surface area (TPSA) is 0 Å². The molecule has 0 fully saturated rings. The summed E-state index contributed by atoms with van der Waals surface area (Å²) in [5.74, 6) is 0.752. The third-order valence-corrected chi connectivity index (χ3v) is 1.78. The quantitative estimate of drug-likeness (QED) is 0.447. The zero-order valence-electron chi connectivity index (χ0n) is 5.57.